The summed E-state index contributed by atoms with van der Waals surface area (Å²) in [5.41, 5.74) is 14.2. The van der Waals surface area contributed by atoms with E-state index >= 15 is 0 Å². The number of aryl methyl sites for hydroxylation is 1. The van der Waals surface area contributed by atoms with Gasteiger partial charge in [0.15, 0.2) is 0 Å². The lowest BCUT2D eigenvalue weighted by atomic mass is 9.93. The molecule has 0 aliphatic carbocycles. The second kappa shape index (κ2) is 7.10. The molecule has 0 saturated carbocycles. The minimum atomic E-state index is 0.671. The lowest BCUT2D eigenvalue weighted by molar-refractivity contribution is 1.31. The molecule has 0 amide bonds. The van der Waals surface area contributed by atoms with Gasteiger partial charge in [0.25, 0.3) is 0 Å². The van der Waals surface area contributed by atoms with Crippen LogP contribution in [0.5, 0.6) is 0 Å². The van der Waals surface area contributed by atoms with Crippen LogP contribution in [-0.2, 0) is 0 Å². The Hall–Kier alpha value is -2.61. The van der Waals surface area contributed by atoms with Gasteiger partial charge in [0.05, 0.1) is 17.6 Å². The topological polar surface area (TPSA) is 38.9 Å². The summed E-state index contributed by atoms with van der Waals surface area (Å²) in [7, 11) is 0. The van der Waals surface area contributed by atoms with Crippen molar-refractivity contribution in [3.05, 3.63) is 77.5 Å². The molecule has 0 aliphatic rings. The highest BCUT2D eigenvalue weighted by atomic mass is 14.7. The van der Waals surface area contributed by atoms with Gasteiger partial charge < -0.3 is 5.73 Å². The molecule has 0 unspecified atom stereocenters. The van der Waals surface area contributed by atoms with E-state index in [9.17, 15) is 0 Å². The molecule has 0 bridgehead atoms. The van der Waals surface area contributed by atoms with Crippen LogP contribution < -0.4 is 5.73 Å². The van der Waals surface area contributed by atoms with E-state index in [2.05, 4.69) is 62.7 Å². The fraction of sp³-hybridized carbons (Fsp3) is 0.190. The van der Waals surface area contributed by atoms with Crippen LogP contribution in [0.4, 0.5) is 5.69 Å². The van der Waals surface area contributed by atoms with Crippen molar-refractivity contribution in [3.63, 3.8) is 0 Å². The molecular formula is C21H24N2. The molecule has 0 saturated heterocycles. The number of nitrogen functional groups attached to an aromatic ring is 1. The fourth-order valence-corrected chi connectivity index (χ4v) is 2.46. The van der Waals surface area contributed by atoms with E-state index < -0.39 is 0 Å². The molecule has 2 aromatic rings. The SMILES string of the molecule is C=C(C)/C=C(\C=C(C)C)c1ccc(C)cc1-c1ccc(N)cn1. The summed E-state index contributed by atoms with van der Waals surface area (Å²) in [4.78, 5) is 4.50. The smallest absolute Gasteiger partial charge is 0.0709 e. The fourth-order valence-electron chi connectivity index (χ4n) is 2.46. The highest BCUT2D eigenvalue weighted by Gasteiger charge is 2.10. The standard InChI is InChI=1S/C21H24N2/c1-14(2)10-17(11-15(3)4)19-8-6-16(5)12-20(19)21-9-7-18(22)13-23-21/h6-13H,1,22H2,2-5H3/b17-10+. The summed E-state index contributed by atoms with van der Waals surface area (Å²) in [5.74, 6) is 0. The molecule has 23 heavy (non-hydrogen) atoms. The van der Waals surface area contributed by atoms with Gasteiger partial charge in [-0.2, -0.15) is 0 Å². The van der Waals surface area contributed by atoms with Crippen molar-refractivity contribution in [3.8, 4) is 11.3 Å². The number of hydrogen-bond donors (Lipinski definition) is 1. The van der Waals surface area contributed by atoms with Crippen molar-refractivity contribution in [2.24, 2.45) is 0 Å². The molecule has 1 aromatic heterocycles. The van der Waals surface area contributed by atoms with Crippen molar-refractivity contribution < 1.29 is 0 Å². The summed E-state index contributed by atoms with van der Waals surface area (Å²) >= 11 is 0. The number of rotatable bonds is 4. The van der Waals surface area contributed by atoms with Gasteiger partial charge in [-0.25, -0.2) is 0 Å². The van der Waals surface area contributed by atoms with Crippen LogP contribution in [0.25, 0.3) is 16.8 Å². The van der Waals surface area contributed by atoms with Gasteiger partial charge in [0.1, 0.15) is 0 Å². The Balaban J connectivity index is 2.68. The largest absolute Gasteiger partial charge is 0.397 e. The predicted molar refractivity (Wildman–Crippen MR) is 101 cm³/mol. The second-order valence-electron chi connectivity index (χ2n) is 6.19. The highest BCUT2D eigenvalue weighted by Crippen LogP contribution is 2.31. The molecule has 2 heteroatoms. The van der Waals surface area contributed by atoms with E-state index in [-0.39, 0.29) is 0 Å². The Morgan fingerprint density at radius 1 is 1.09 bits per heavy atom. The zero-order valence-electron chi connectivity index (χ0n) is 14.4. The van der Waals surface area contributed by atoms with Crippen molar-refractivity contribution in [2.75, 3.05) is 5.73 Å². The lowest BCUT2D eigenvalue weighted by Crippen LogP contribution is -1.94. The molecule has 2 N–H and O–H groups in total. The molecule has 2 nitrogen and oxygen atoms in total. The van der Waals surface area contributed by atoms with Gasteiger partial charge in [-0.3, -0.25) is 4.98 Å². The van der Waals surface area contributed by atoms with E-state index in [1.54, 1.807) is 6.20 Å². The predicted octanol–water partition coefficient (Wildman–Crippen LogP) is 5.56. The molecule has 0 fully saturated rings. The van der Waals surface area contributed by atoms with Crippen molar-refractivity contribution >= 4 is 11.3 Å². The normalized spacial score (nSPS) is 11.2. The van der Waals surface area contributed by atoms with E-state index in [4.69, 9.17) is 5.73 Å². The molecule has 1 aromatic carbocycles. The molecular weight excluding hydrogens is 280 g/mol. The Bertz CT molecular complexity index is 774. The zero-order chi connectivity index (χ0) is 17.0. The molecule has 0 spiro atoms. The minimum absolute atomic E-state index is 0.671. The quantitative estimate of drug-likeness (QED) is 0.750. The van der Waals surface area contributed by atoms with Crippen LogP contribution in [0.2, 0.25) is 0 Å². The number of hydrogen-bond acceptors (Lipinski definition) is 2. The van der Waals surface area contributed by atoms with E-state index in [1.807, 2.05) is 19.1 Å². The first kappa shape index (κ1) is 16.8. The first-order valence-corrected chi connectivity index (χ1v) is 7.72. The highest BCUT2D eigenvalue weighted by molar-refractivity contribution is 5.86. The van der Waals surface area contributed by atoms with E-state index in [0.717, 1.165) is 28.0 Å². The van der Waals surface area contributed by atoms with Crippen molar-refractivity contribution in [2.45, 2.75) is 27.7 Å². The zero-order valence-corrected chi connectivity index (χ0v) is 14.4. The van der Waals surface area contributed by atoms with Gasteiger partial charge in [-0.05, 0) is 57.0 Å². The number of nitrogens with two attached hydrogens (primary N) is 1. The van der Waals surface area contributed by atoms with Gasteiger partial charge >= 0.3 is 0 Å². The molecule has 1 heterocycles. The van der Waals surface area contributed by atoms with E-state index in [1.165, 1.54) is 11.1 Å². The Morgan fingerprint density at radius 2 is 1.83 bits per heavy atom. The maximum atomic E-state index is 5.77. The average Bonchev–Trinajstić information content (AvgIpc) is 2.46. The summed E-state index contributed by atoms with van der Waals surface area (Å²) in [6, 6.07) is 10.3. The monoisotopic (exact) mass is 304 g/mol. The van der Waals surface area contributed by atoms with Crippen molar-refractivity contribution in [1.29, 1.82) is 0 Å². The summed E-state index contributed by atoms with van der Waals surface area (Å²) < 4.78 is 0. The first-order valence-electron chi connectivity index (χ1n) is 7.72. The number of anilines is 1. The maximum absolute atomic E-state index is 5.77. The van der Waals surface area contributed by atoms with Gasteiger partial charge in [-0.1, -0.05) is 47.6 Å². The number of pyridine rings is 1. The number of benzene rings is 1. The Kier molecular flexibility index (Phi) is 5.17. The Morgan fingerprint density at radius 3 is 2.39 bits per heavy atom. The average molecular weight is 304 g/mol. The molecule has 0 aliphatic heterocycles. The molecule has 0 atom stereocenters. The third-order valence-corrected chi connectivity index (χ3v) is 3.39. The maximum Gasteiger partial charge on any atom is 0.0709 e. The summed E-state index contributed by atoms with van der Waals surface area (Å²) in [6.07, 6.45) is 5.99. The van der Waals surface area contributed by atoms with Crippen LogP contribution in [-0.4, -0.2) is 4.98 Å². The molecule has 2 rings (SSSR count). The summed E-state index contributed by atoms with van der Waals surface area (Å²) in [6.45, 7) is 12.3. The lowest BCUT2D eigenvalue weighted by Gasteiger charge is -2.13. The van der Waals surface area contributed by atoms with Crippen LogP contribution in [0.15, 0.2) is 66.4 Å². The van der Waals surface area contributed by atoms with Gasteiger partial charge in [0.2, 0.25) is 0 Å². The van der Waals surface area contributed by atoms with Gasteiger partial charge in [-0.15, -0.1) is 0 Å². The third-order valence-electron chi connectivity index (χ3n) is 3.39. The van der Waals surface area contributed by atoms with Crippen LogP contribution in [0.3, 0.4) is 0 Å². The minimum Gasteiger partial charge on any atom is -0.397 e. The second-order valence-corrected chi connectivity index (χ2v) is 6.19. The van der Waals surface area contributed by atoms with Crippen LogP contribution >= 0.6 is 0 Å². The number of nitrogens with zero attached hydrogens (tertiary/aromatic N) is 1. The van der Waals surface area contributed by atoms with E-state index in [0.29, 0.717) is 5.69 Å². The number of aromatic nitrogens is 1. The van der Waals surface area contributed by atoms with Crippen LogP contribution in [0.1, 0.15) is 31.9 Å². The first-order chi connectivity index (χ1) is 10.9. The third kappa shape index (κ3) is 4.43. The summed E-state index contributed by atoms with van der Waals surface area (Å²) in [5, 5.41) is 0. The van der Waals surface area contributed by atoms with Gasteiger partial charge in [0, 0.05) is 5.56 Å². The van der Waals surface area contributed by atoms with Crippen molar-refractivity contribution in [1.82, 2.24) is 4.98 Å². The molecule has 0 radical (unpaired) electrons. The molecule has 118 valence electrons. The number of allylic oxidation sites excluding steroid dienone is 5. The Labute approximate surface area is 139 Å². The van der Waals surface area contributed by atoms with Crippen LogP contribution in [0, 0.1) is 6.92 Å².